The molecule has 0 aromatic heterocycles. The van der Waals surface area contributed by atoms with E-state index in [0.717, 1.165) is 11.8 Å². The fourth-order valence-electron chi connectivity index (χ4n) is 2.17. The molecule has 1 aliphatic heterocycles. The van der Waals surface area contributed by atoms with E-state index in [2.05, 4.69) is 0 Å². The predicted molar refractivity (Wildman–Crippen MR) is 78.9 cm³/mol. The van der Waals surface area contributed by atoms with Crippen molar-refractivity contribution in [1.82, 2.24) is 4.31 Å². The Labute approximate surface area is 125 Å². The summed E-state index contributed by atoms with van der Waals surface area (Å²) in [6.45, 7) is 2.44. The van der Waals surface area contributed by atoms with Gasteiger partial charge in [-0.1, -0.05) is 12.1 Å². The van der Waals surface area contributed by atoms with E-state index in [1.807, 2.05) is 25.1 Å². The van der Waals surface area contributed by atoms with Crippen LogP contribution in [0.4, 0.5) is 0 Å². The molecule has 2 rings (SSSR count). The monoisotopic (exact) mass is 315 g/mol. The fraction of sp³-hybridized carbons (Fsp3) is 0.571. The first kappa shape index (κ1) is 16.2. The SMILES string of the molecule is Cc1cccc(OC[C@@]2(O)COCCN(S(C)(=O)=O)C2)c1. The fourth-order valence-corrected chi connectivity index (χ4v) is 3.06. The second-order valence-electron chi connectivity index (χ2n) is 5.48. The number of hydrogen-bond donors (Lipinski definition) is 1. The Balaban J connectivity index is 2.05. The lowest BCUT2D eigenvalue weighted by Gasteiger charge is -2.29. The van der Waals surface area contributed by atoms with Crippen molar-refractivity contribution < 1.29 is 23.0 Å². The van der Waals surface area contributed by atoms with Gasteiger partial charge in [-0.3, -0.25) is 0 Å². The van der Waals surface area contributed by atoms with Gasteiger partial charge >= 0.3 is 0 Å². The van der Waals surface area contributed by atoms with Crippen molar-refractivity contribution in [3.63, 3.8) is 0 Å². The van der Waals surface area contributed by atoms with Crippen LogP contribution in [0.3, 0.4) is 0 Å². The van der Waals surface area contributed by atoms with Crippen LogP contribution in [0.2, 0.25) is 0 Å². The molecular formula is C14H21NO5S. The van der Waals surface area contributed by atoms with Crippen LogP contribution < -0.4 is 4.74 Å². The molecule has 1 heterocycles. The van der Waals surface area contributed by atoms with Crippen molar-refractivity contribution in [3.05, 3.63) is 29.8 Å². The van der Waals surface area contributed by atoms with Crippen LogP contribution in [0.5, 0.6) is 5.75 Å². The minimum Gasteiger partial charge on any atom is -0.490 e. The van der Waals surface area contributed by atoms with E-state index >= 15 is 0 Å². The number of benzene rings is 1. The van der Waals surface area contributed by atoms with E-state index in [1.165, 1.54) is 4.31 Å². The zero-order valence-electron chi connectivity index (χ0n) is 12.3. The van der Waals surface area contributed by atoms with Crippen molar-refractivity contribution in [3.8, 4) is 5.75 Å². The van der Waals surface area contributed by atoms with Crippen molar-refractivity contribution in [2.45, 2.75) is 12.5 Å². The third-order valence-corrected chi connectivity index (χ3v) is 4.54. The first-order valence-electron chi connectivity index (χ1n) is 6.73. The summed E-state index contributed by atoms with van der Waals surface area (Å²) >= 11 is 0. The number of nitrogens with zero attached hydrogens (tertiary/aromatic N) is 1. The smallest absolute Gasteiger partial charge is 0.211 e. The largest absolute Gasteiger partial charge is 0.490 e. The lowest BCUT2D eigenvalue weighted by molar-refractivity contribution is -0.0594. The van der Waals surface area contributed by atoms with Gasteiger partial charge in [-0.15, -0.1) is 0 Å². The van der Waals surface area contributed by atoms with Crippen molar-refractivity contribution in [2.75, 3.05) is 39.2 Å². The van der Waals surface area contributed by atoms with E-state index in [4.69, 9.17) is 9.47 Å². The quantitative estimate of drug-likeness (QED) is 0.870. The Morgan fingerprint density at radius 2 is 2.24 bits per heavy atom. The summed E-state index contributed by atoms with van der Waals surface area (Å²) in [6.07, 6.45) is 1.13. The first-order valence-corrected chi connectivity index (χ1v) is 8.58. The van der Waals surface area contributed by atoms with Crippen LogP contribution in [0.1, 0.15) is 5.56 Å². The van der Waals surface area contributed by atoms with Gasteiger partial charge in [0.2, 0.25) is 10.0 Å². The minimum atomic E-state index is -3.37. The molecule has 21 heavy (non-hydrogen) atoms. The molecule has 0 spiro atoms. The summed E-state index contributed by atoms with van der Waals surface area (Å²) in [4.78, 5) is 0. The highest BCUT2D eigenvalue weighted by Crippen LogP contribution is 2.18. The molecule has 0 unspecified atom stereocenters. The molecule has 1 aromatic rings. The molecule has 1 aromatic carbocycles. The molecule has 1 atom stereocenters. The number of aryl methyl sites for hydroxylation is 1. The summed E-state index contributed by atoms with van der Waals surface area (Å²) < 4.78 is 35.5. The summed E-state index contributed by atoms with van der Waals surface area (Å²) in [6, 6.07) is 7.46. The molecule has 0 amide bonds. The van der Waals surface area contributed by atoms with Gasteiger partial charge in [-0.2, -0.15) is 4.31 Å². The third-order valence-electron chi connectivity index (χ3n) is 3.29. The molecule has 0 radical (unpaired) electrons. The normalized spacial score (nSPS) is 24.5. The molecule has 1 fully saturated rings. The van der Waals surface area contributed by atoms with Gasteiger partial charge in [0, 0.05) is 13.1 Å². The summed E-state index contributed by atoms with van der Waals surface area (Å²) in [7, 11) is -3.37. The molecule has 7 heteroatoms. The average Bonchev–Trinajstić information content (AvgIpc) is 2.59. The molecule has 1 aliphatic rings. The zero-order chi connectivity index (χ0) is 15.5. The number of hydrogen-bond acceptors (Lipinski definition) is 5. The molecule has 0 bridgehead atoms. The molecule has 1 N–H and O–H groups in total. The maximum atomic E-state index is 11.7. The third kappa shape index (κ3) is 4.67. The highest BCUT2D eigenvalue weighted by atomic mass is 32.2. The maximum absolute atomic E-state index is 11.7. The Morgan fingerprint density at radius 1 is 1.48 bits per heavy atom. The van der Waals surface area contributed by atoms with E-state index < -0.39 is 15.6 Å². The van der Waals surface area contributed by atoms with Crippen LogP contribution in [-0.2, 0) is 14.8 Å². The van der Waals surface area contributed by atoms with E-state index in [0.29, 0.717) is 5.75 Å². The number of aliphatic hydroxyl groups is 1. The van der Waals surface area contributed by atoms with Gasteiger partial charge in [0.15, 0.2) is 0 Å². The van der Waals surface area contributed by atoms with Crippen LogP contribution in [0, 0.1) is 6.92 Å². The predicted octanol–water partition coefficient (Wildman–Crippen LogP) is 0.397. The van der Waals surface area contributed by atoms with Gasteiger partial charge in [0.1, 0.15) is 18.0 Å². The highest BCUT2D eigenvalue weighted by molar-refractivity contribution is 7.88. The van der Waals surface area contributed by atoms with E-state index in [-0.39, 0.29) is 32.9 Å². The average molecular weight is 315 g/mol. The van der Waals surface area contributed by atoms with Crippen LogP contribution in [-0.4, -0.2) is 62.6 Å². The summed E-state index contributed by atoms with van der Waals surface area (Å²) in [5.41, 5.74) is -0.307. The number of β-amino-alcohol motifs (C(OH)–C–C–N with tert-alkyl or cyclic N) is 1. The molecule has 1 saturated heterocycles. The molecular weight excluding hydrogens is 294 g/mol. The topological polar surface area (TPSA) is 76.1 Å². The van der Waals surface area contributed by atoms with Gasteiger partial charge in [0.25, 0.3) is 0 Å². The zero-order valence-corrected chi connectivity index (χ0v) is 13.1. The Bertz CT molecular complexity index is 589. The minimum absolute atomic E-state index is 0.0253. The highest BCUT2D eigenvalue weighted by Gasteiger charge is 2.36. The Kier molecular flexibility index (Phi) is 4.88. The summed E-state index contributed by atoms with van der Waals surface area (Å²) in [5.74, 6) is 0.638. The first-order chi connectivity index (χ1) is 9.78. The van der Waals surface area contributed by atoms with Gasteiger partial charge in [-0.05, 0) is 24.6 Å². The van der Waals surface area contributed by atoms with Crippen LogP contribution in [0.25, 0.3) is 0 Å². The second kappa shape index (κ2) is 6.31. The number of sulfonamides is 1. The van der Waals surface area contributed by atoms with Crippen molar-refractivity contribution in [2.24, 2.45) is 0 Å². The Morgan fingerprint density at radius 3 is 2.90 bits per heavy atom. The van der Waals surface area contributed by atoms with Crippen LogP contribution in [0.15, 0.2) is 24.3 Å². The van der Waals surface area contributed by atoms with E-state index in [1.54, 1.807) is 6.07 Å². The molecule has 6 nitrogen and oxygen atoms in total. The Hall–Kier alpha value is -1.15. The standard InChI is InChI=1S/C14H21NO5S/c1-12-4-3-5-13(8-12)20-11-14(16)9-15(21(2,17)18)6-7-19-10-14/h3-5,8,16H,6-7,9-11H2,1-2H3/t14-/m0/s1. The number of rotatable bonds is 4. The van der Waals surface area contributed by atoms with Gasteiger partial charge < -0.3 is 14.6 Å². The molecule has 0 saturated carbocycles. The van der Waals surface area contributed by atoms with Gasteiger partial charge in [-0.25, -0.2) is 8.42 Å². The molecule has 0 aliphatic carbocycles. The second-order valence-corrected chi connectivity index (χ2v) is 7.46. The van der Waals surface area contributed by atoms with Crippen molar-refractivity contribution in [1.29, 1.82) is 0 Å². The van der Waals surface area contributed by atoms with E-state index in [9.17, 15) is 13.5 Å². The lowest BCUT2D eigenvalue weighted by atomic mass is 10.1. The molecule has 118 valence electrons. The number of ether oxygens (including phenoxy) is 2. The van der Waals surface area contributed by atoms with Crippen LogP contribution >= 0.6 is 0 Å². The summed E-state index contributed by atoms with van der Waals surface area (Å²) in [5, 5.41) is 10.6. The van der Waals surface area contributed by atoms with Gasteiger partial charge in [0.05, 0.1) is 19.5 Å². The van der Waals surface area contributed by atoms with Crippen molar-refractivity contribution >= 4 is 10.0 Å². The lowest BCUT2D eigenvalue weighted by Crippen LogP contribution is -2.50. The maximum Gasteiger partial charge on any atom is 0.211 e.